The molecule has 1 rings (SSSR count). The summed E-state index contributed by atoms with van der Waals surface area (Å²) in [6.07, 6.45) is -0.629. The van der Waals surface area contributed by atoms with Gasteiger partial charge in [-0.2, -0.15) is 0 Å². The SMILES string of the molecule is Cc1ccc(OC(C)C(N)=O)c(CNC(C)(C)C)c1. The molecule has 1 unspecified atom stereocenters. The van der Waals surface area contributed by atoms with Gasteiger partial charge in [-0.25, -0.2) is 0 Å². The summed E-state index contributed by atoms with van der Waals surface area (Å²) in [5.74, 6) is 0.240. The van der Waals surface area contributed by atoms with Crippen LogP contribution in [-0.4, -0.2) is 17.6 Å². The van der Waals surface area contributed by atoms with E-state index in [-0.39, 0.29) is 5.54 Å². The van der Waals surface area contributed by atoms with Crippen molar-refractivity contribution < 1.29 is 9.53 Å². The number of benzene rings is 1. The fourth-order valence-electron chi connectivity index (χ4n) is 1.57. The summed E-state index contributed by atoms with van der Waals surface area (Å²) in [4.78, 5) is 11.1. The molecule has 4 heteroatoms. The average molecular weight is 264 g/mol. The molecule has 1 aromatic rings. The molecule has 0 spiro atoms. The zero-order valence-electron chi connectivity index (χ0n) is 12.4. The number of carbonyl (C=O) groups is 1. The van der Waals surface area contributed by atoms with Crippen LogP contribution in [0.1, 0.15) is 38.8 Å². The Labute approximate surface area is 115 Å². The van der Waals surface area contributed by atoms with E-state index in [0.717, 1.165) is 11.1 Å². The number of rotatable bonds is 5. The van der Waals surface area contributed by atoms with Gasteiger partial charge in [-0.15, -0.1) is 0 Å². The zero-order valence-corrected chi connectivity index (χ0v) is 12.4. The lowest BCUT2D eigenvalue weighted by Gasteiger charge is -2.22. The van der Waals surface area contributed by atoms with E-state index in [9.17, 15) is 4.79 Å². The molecule has 0 fully saturated rings. The van der Waals surface area contributed by atoms with Gasteiger partial charge < -0.3 is 15.8 Å². The van der Waals surface area contributed by atoms with Gasteiger partial charge in [-0.3, -0.25) is 4.79 Å². The third-order valence-electron chi connectivity index (χ3n) is 2.73. The van der Waals surface area contributed by atoms with Crippen LogP contribution in [0, 0.1) is 6.92 Å². The molecule has 0 aliphatic heterocycles. The van der Waals surface area contributed by atoms with Crippen LogP contribution in [0.15, 0.2) is 18.2 Å². The molecule has 19 heavy (non-hydrogen) atoms. The first-order valence-corrected chi connectivity index (χ1v) is 6.49. The van der Waals surface area contributed by atoms with Gasteiger partial charge in [0.1, 0.15) is 5.75 Å². The van der Waals surface area contributed by atoms with Gasteiger partial charge in [-0.05, 0) is 40.7 Å². The number of carbonyl (C=O) groups excluding carboxylic acids is 1. The van der Waals surface area contributed by atoms with Gasteiger partial charge in [0, 0.05) is 17.6 Å². The fourth-order valence-corrected chi connectivity index (χ4v) is 1.57. The topological polar surface area (TPSA) is 64.3 Å². The molecule has 1 atom stereocenters. The maximum atomic E-state index is 11.1. The van der Waals surface area contributed by atoms with Crippen LogP contribution >= 0.6 is 0 Å². The predicted octanol–water partition coefficient (Wildman–Crippen LogP) is 2.14. The number of nitrogens with one attached hydrogen (secondary N) is 1. The standard InChI is InChI=1S/C15H24N2O2/c1-10-6-7-13(19-11(2)14(16)18)12(8-10)9-17-15(3,4)5/h6-8,11,17H,9H2,1-5H3,(H2,16,18). The second-order valence-corrected chi connectivity index (χ2v) is 5.88. The third kappa shape index (κ3) is 5.30. The van der Waals surface area contributed by atoms with Gasteiger partial charge in [0.15, 0.2) is 6.10 Å². The number of nitrogens with two attached hydrogens (primary N) is 1. The fraction of sp³-hybridized carbons (Fsp3) is 0.533. The maximum Gasteiger partial charge on any atom is 0.258 e. The predicted molar refractivity (Wildman–Crippen MR) is 77.1 cm³/mol. The molecule has 0 aliphatic carbocycles. The van der Waals surface area contributed by atoms with E-state index >= 15 is 0 Å². The zero-order chi connectivity index (χ0) is 14.6. The van der Waals surface area contributed by atoms with Gasteiger partial charge in [0.25, 0.3) is 5.91 Å². The minimum atomic E-state index is -0.629. The number of ether oxygens (including phenoxy) is 1. The highest BCUT2D eigenvalue weighted by Gasteiger charge is 2.15. The molecule has 0 heterocycles. The number of aryl methyl sites for hydroxylation is 1. The molecule has 106 valence electrons. The molecule has 0 aromatic heterocycles. The number of hydrogen-bond acceptors (Lipinski definition) is 3. The normalized spacial score (nSPS) is 13.1. The van der Waals surface area contributed by atoms with Gasteiger partial charge in [0.05, 0.1) is 0 Å². The second kappa shape index (κ2) is 6.06. The van der Waals surface area contributed by atoms with E-state index in [0.29, 0.717) is 12.3 Å². The minimum Gasteiger partial charge on any atom is -0.481 e. The molecule has 0 saturated carbocycles. The second-order valence-electron chi connectivity index (χ2n) is 5.88. The number of amides is 1. The van der Waals surface area contributed by atoms with Crippen LogP contribution in [0.3, 0.4) is 0 Å². The van der Waals surface area contributed by atoms with Crippen LogP contribution in [0.5, 0.6) is 5.75 Å². The largest absolute Gasteiger partial charge is 0.481 e. The smallest absolute Gasteiger partial charge is 0.258 e. The van der Waals surface area contributed by atoms with E-state index in [4.69, 9.17) is 10.5 Å². The first-order valence-electron chi connectivity index (χ1n) is 6.49. The highest BCUT2D eigenvalue weighted by atomic mass is 16.5. The molecule has 0 saturated heterocycles. The van der Waals surface area contributed by atoms with Crippen LogP contribution in [-0.2, 0) is 11.3 Å². The van der Waals surface area contributed by atoms with Crippen molar-refractivity contribution in [1.82, 2.24) is 5.32 Å². The quantitative estimate of drug-likeness (QED) is 0.856. The molecule has 1 aromatic carbocycles. The van der Waals surface area contributed by atoms with Crippen LogP contribution in [0.4, 0.5) is 0 Å². The van der Waals surface area contributed by atoms with Gasteiger partial charge >= 0.3 is 0 Å². The van der Waals surface area contributed by atoms with E-state index in [1.807, 2.05) is 19.1 Å². The van der Waals surface area contributed by atoms with Crippen molar-refractivity contribution in [1.29, 1.82) is 0 Å². The van der Waals surface area contributed by atoms with Crippen molar-refractivity contribution in [2.45, 2.75) is 52.8 Å². The molecular formula is C15H24N2O2. The number of primary amides is 1. The highest BCUT2D eigenvalue weighted by Crippen LogP contribution is 2.22. The lowest BCUT2D eigenvalue weighted by molar-refractivity contribution is -0.124. The maximum absolute atomic E-state index is 11.1. The van der Waals surface area contributed by atoms with E-state index in [1.54, 1.807) is 6.92 Å². The minimum absolute atomic E-state index is 0.0241. The summed E-state index contributed by atoms with van der Waals surface area (Å²) < 4.78 is 5.61. The van der Waals surface area contributed by atoms with Crippen LogP contribution in [0.2, 0.25) is 0 Å². The van der Waals surface area contributed by atoms with Crippen molar-refractivity contribution in [3.8, 4) is 5.75 Å². The van der Waals surface area contributed by atoms with Crippen molar-refractivity contribution in [3.63, 3.8) is 0 Å². The van der Waals surface area contributed by atoms with Crippen LogP contribution < -0.4 is 15.8 Å². The Kier molecular flexibility index (Phi) is 4.95. The Morgan fingerprint density at radius 1 is 1.42 bits per heavy atom. The Balaban J connectivity index is 2.88. The summed E-state index contributed by atoms with van der Waals surface area (Å²) in [6.45, 7) is 10.7. The molecule has 0 aliphatic rings. The Hall–Kier alpha value is -1.55. The number of hydrogen-bond donors (Lipinski definition) is 2. The first kappa shape index (κ1) is 15.5. The Morgan fingerprint density at radius 3 is 2.58 bits per heavy atom. The molecule has 0 bridgehead atoms. The summed E-state index contributed by atoms with van der Waals surface area (Å²) in [5, 5.41) is 3.41. The van der Waals surface area contributed by atoms with Gasteiger partial charge in [0.2, 0.25) is 0 Å². The van der Waals surface area contributed by atoms with Gasteiger partial charge in [-0.1, -0.05) is 17.7 Å². The monoisotopic (exact) mass is 264 g/mol. The summed E-state index contributed by atoms with van der Waals surface area (Å²) in [5.41, 5.74) is 7.44. The Morgan fingerprint density at radius 2 is 2.05 bits per heavy atom. The molecular weight excluding hydrogens is 240 g/mol. The van der Waals surface area contributed by atoms with Crippen molar-refractivity contribution >= 4 is 5.91 Å². The molecule has 0 radical (unpaired) electrons. The molecule has 1 amide bonds. The lowest BCUT2D eigenvalue weighted by atomic mass is 10.1. The lowest BCUT2D eigenvalue weighted by Crippen LogP contribution is -2.35. The summed E-state index contributed by atoms with van der Waals surface area (Å²) in [6, 6.07) is 5.90. The third-order valence-corrected chi connectivity index (χ3v) is 2.73. The first-order chi connectivity index (χ1) is 8.69. The average Bonchev–Trinajstić information content (AvgIpc) is 2.28. The molecule has 3 N–H and O–H groups in total. The Bertz CT molecular complexity index is 450. The van der Waals surface area contributed by atoms with E-state index in [2.05, 4.69) is 32.2 Å². The van der Waals surface area contributed by atoms with E-state index in [1.165, 1.54) is 0 Å². The van der Waals surface area contributed by atoms with Crippen LogP contribution in [0.25, 0.3) is 0 Å². The molecule has 4 nitrogen and oxygen atoms in total. The van der Waals surface area contributed by atoms with Crippen molar-refractivity contribution in [2.24, 2.45) is 5.73 Å². The summed E-state index contributed by atoms with van der Waals surface area (Å²) >= 11 is 0. The summed E-state index contributed by atoms with van der Waals surface area (Å²) in [7, 11) is 0. The van der Waals surface area contributed by atoms with E-state index < -0.39 is 12.0 Å². The van der Waals surface area contributed by atoms with Crippen molar-refractivity contribution in [3.05, 3.63) is 29.3 Å². The van der Waals surface area contributed by atoms with Crippen molar-refractivity contribution in [2.75, 3.05) is 0 Å². The highest BCUT2D eigenvalue weighted by molar-refractivity contribution is 5.78.